The molecule has 0 fully saturated rings. The molecule has 0 atom stereocenters. The van der Waals surface area contributed by atoms with Gasteiger partial charge in [-0.15, -0.1) is 0 Å². The smallest absolute Gasteiger partial charge is 0.253 e. The van der Waals surface area contributed by atoms with E-state index in [1.54, 1.807) is 29.9 Å². The van der Waals surface area contributed by atoms with Crippen molar-refractivity contribution in [2.75, 3.05) is 20.6 Å². The summed E-state index contributed by atoms with van der Waals surface area (Å²) in [7, 11) is 3.46. The van der Waals surface area contributed by atoms with Crippen molar-refractivity contribution < 1.29 is 9.59 Å². The van der Waals surface area contributed by atoms with Crippen LogP contribution in [0.25, 0.3) is 5.69 Å². The number of amides is 2. The van der Waals surface area contributed by atoms with Crippen LogP contribution < -0.4 is 0 Å². The lowest BCUT2D eigenvalue weighted by molar-refractivity contribution is -0.130. The first kappa shape index (κ1) is 20.3. The van der Waals surface area contributed by atoms with Crippen LogP contribution in [-0.4, -0.2) is 52.0 Å². The highest BCUT2D eigenvalue weighted by Gasteiger charge is 2.14. The molecule has 6 nitrogen and oxygen atoms in total. The van der Waals surface area contributed by atoms with Crippen LogP contribution in [0.4, 0.5) is 0 Å². The summed E-state index contributed by atoms with van der Waals surface area (Å²) >= 11 is 0. The van der Waals surface area contributed by atoms with Crippen molar-refractivity contribution in [3.63, 3.8) is 0 Å². The van der Waals surface area contributed by atoms with E-state index in [0.29, 0.717) is 25.1 Å². The summed E-state index contributed by atoms with van der Waals surface area (Å²) in [4.78, 5) is 28.1. The first-order chi connectivity index (χ1) is 14.0. The van der Waals surface area contributed by atoms with E-state index in [0.717, 1.165) is 16.8 Å². The Balaban J connectivity index is 1.62. The van der Waals surface area contributed by atoms with E-state index >= 15 is 0 Å². The summed E-state index contributed by atoms with van der Waals surface area (Å²) in [6, 6.07) is 17.2. The second-order valence-electron chi connectivity index (χ2n) is 7.10. The number of hydrogen-bond donors (Lipinski definition) is 0. The predicted molar refractivity (Wildman–Crippen MR) is 113 cm³/mol. The van der Waals surface area contributed by atoms with Gasteiger partial charge in [0.2, 0.25) is 5.91 Å². The van der Waals surface area contributed by atoms with E-state index in [4.69, 9.17) is 0 Å². The quantitative estimate of drug-likeness (QED) is 0.623. The molecule has 2 aromatic carbocycles. The van der Waals surface area contributed by atoms with Gasteiger partial charge in [-0.25, -0.2) is 4.68 Å². The van der Waals surface area contributed by atoms with Gasteiger partial charge in [-0.1, -0.05) is 24.3 Å². The van der Waals surface area contributed by atoms with Crippen LogP contribution >= 0.6 is 0 Å². The van der Waals surface area contributed by atoms with Gasteiger partial charge < -0.3 is 9.80 Å². The molecule has 0 saturated carbocycles. The van der Waals surface area contributed by atoms with Crippen LogP contribution in [0.15, 0.2) is 67.0 Å². The summed E-state index contributed by atoms with van der Waals surface area (Å²) in [5.74, 6) is 0.0475. The maximum atomic E-state index is 12.8. The highest BCUT2D eigenvalue weighted by molar-refractivity contribution is 5.93. The Hall–Kier alpha value is -3.41. The molecule has 0 aliphatic carbocycles. The molecule has 29 heavy (non-hydrogen) atoms. The third-order valence-corrected chi connectivity index (χ3v) is 4.78. The van der Waals surface area contributed by atoms with Gasteiger partial charge in [0, 0.05) is 45.1 Å². The minimum Gasteiger partial charge on any atom is -0.345 e. The molecule has 0 unspecified atom stereocenters. The number of rotatable bonds is 7. The third kappa shape index (κ3) is 5.10. The van der Waals surface area contributed by atoms with Crippen LogP contribution in [0, 0.1) is 0 Å². The molecule has 2 amide bonds. The second-order valence-corrected chi connectivity index (χ2v) is 7.10. The highest BCUT2D eigenvalue weighted by Crippen LogP contribution is 2.13. The summed E-state index contributed by atoms with van der Waals surface area (Å²) in [6.45, 7) is 3.13. The Labute approximate surface area is 171 Å². The molecule has 6 heteroatoms. The lowest BCUT2D eigenvalue weighted by atomic mass is 10.1. The molecular formula is C23H26N4O2. The fourth-order valence-electron chi connectivity index (χ4n) is 3.08. The van der Waals surface area contributed by atoms with Gasteiger partial charge in [0.25, 0.3) is 5.91 Å². The van der Waals surface area contributed by atoms with Gasteiger partial charge in [0.1, 0.15) is 0 Å². The summed E-state index contributed by atoms with van der Waals surface area (Å²) in [6.07, 6.45) is 3.97. The summed E-state index contributed by atoms with van der Waals surface area (Å²) in [5.41, 5.74) is 3.58. The van der Waals surface area contributed by atoms with Crippen molar-refractivity contribution in [3.8, 4) is 5.69 Å². The second kappa shape index (κ2) is 9.19. The molecule has 3 aromatic rings. The standard InChI is InChI=1S/C23H26N4O2/c1-4-26(17-19-6-10-20(11-7-19)23(29)25(2)3)22(28)16-18-8-12-21(13-9-18)27-15-5-14-24-27/h5-15H,4,16-17H2,1-3H3. The third-order valence-electron chi connectivity index (χ3n) is 4.78. The van der Waals surface area contributed by atoms with E-state index in [1.165, 1.54) is 0 Å². The number of benzene rings is 2. The Bertz CT molecular complexity index is 946. The Morgan fingerprint density at radius 3 is 2.17 bits per heavy atom. The van der Waals surface area contributed by atoms with Crippen LogP contribution in [0.3, 0.4) is 0 Å². The molecule has 0 spiro atoms. The fraction of sp³-hybridized carbons (Fsp3) is 0.261. The number of nitrogens with zero attached hydrogens (tertiary/aromatic N) is 4. The van der Waals surface area contributed by atoms with Crippen molar-refractivity contribution in [2.45, 2.75) is 19.9 Å². The molecule has 0 saturated heterocycles. The normalized spacial score (nSPS) is 10.6. The molecule has 0 radical (unpaired) electrons. The van der Waals surface area contributed by atoms with Gasteiger partial charge in [-0.2, -0.15) is 5.10 Å². The number of likely N-dealkylation sites (N-methyl/N-ethyl adjacent to an activating group) is 1. The SMILES string of the molecule is CCN(Cc1ccc(C(=O)N(C)C)cc1)C(=O)Cc1ccc(-n2cccn2)cc1. The van der Waals surface area contributed by atoms with Crippen molar-refractivity contribution in [1.82, 2.24) is 19.6 Å². The van der Waals surface area contributed by atoms with E-state index in [9.17, 15) is 9.59 Å². The zero-order valence-corrected chi connectivity index (χ0v) is 17.1. The Morgan fingerprint density at radius 1 is 0.966 bits per heavy atom. The summed E-state index contributed by atoms with van der Waals surface area (Å²) in [5, 5.41) is 4.21. The maximum Gasteiger partial charge on any atom is 0.253 e. The molecule has 0 aliphatic heterocycles. The van der Waals surface area contributed by atoms with Gasteiger partial charge in [-0.3, -0.25) is 9.59 Å². The van der Waals surface area contributed by atoms with Gasteiger partial charge in [0.05, 0.1) is 12.1 Å². The van der Waals surface area contributed by atoms with Crippen LogP contribution in [0.1, 0.15) is 28.4 Å². The average Bonchev–Trinajstić information content (AvgIpc) is 3.27. The van der Waals surface area contributed by atoms with Gasteiger partial charge in [0.15, 0.2) is 0 Å². The topological polar surface area (TPSA) is 58.4 Å². The lowest BCUT2D eigenvalue weighted by Gasteiger charge is -2.21. The van der Waals surface area contributed by atoms with Gasteiger partial charge in [-0.05, 0) is 48.4 Å². The molecule has 0 N–H and O–H groups in total. The number of carbonyl (C=O) groups excluding carboxylic acids is 2. The molecule has 0 aliphatic rings. The largest absolute Gasteiger partial charge is 0.345 e. The molecule has 150 valence electrons. The molecular weight excluding hydrogens is 364 g/mol. The fourth-order valence-corrected chi connectivity index (χ4v) is 3.08. The number of carbonyl (C=O) groups is 2. The highest BCUT2D eigenvalue weighted by atomic mass is 16.2. The Morgan fingerprint density at radius 2 is 1.62 bits per heavy atom. The van der Waals surface area contributed by atoms with E-state index < -0.39 is 0 Å². The minimum absolute atomic E-state index is 0.0291. The zero-order valence-electron chi connectivity index (χ0n) is 17.1. The Kier molecular flexibility index (Phi) is 6.44. The monoisotopic (exact) mass is 390 g/mol. The van der Waals surface area contributed by atoms with Gasteiger partial charge >= 0.3 is 0 Å². The van der Waals surface area contributed by atoms with E-state index in [-0.39, 0.29) is 11.8 Å². The number of hydrogen-bond acceptors (Lipinski definition) is 3. The lowest BCUT2D eigenvalue weighted by Crippen LogP contribution is -2.31. The maximum absolute atomic E-state index is 12.8. The van der Waals surface area contributed by atoms with Crippen molar-refractivity contribution in [1.29, 1.82) is 0 Å². The molecule has 1 aromatic heterocycles. The van der Waals surface area contributed by atoms with E-state index in [2.05, 4.69) is 5.10 Å². The van der Waals surface area contributed by atoms with Crippen molar-refractivity contribution in [3.05, 3.63) is 83.7 Å². The molecule has 0 bridgehead atoms. The van der Waals surface area contributed by atoms with Crippen molar-refractivity contribution in [2.24, 2.45) is 0 Å². The average molecular weight is 390 g/mol. The molecule has 3 rings (SSSR count). The van der Waals surface area contributed by atoms with E-state index in [1.807, 2.05) is 72.6 Å². The first-order valence-corrected chi connectivity index (χ1v) is 9.65. The van der Waals surface area contributed by atoms with Crippen molar-refractivity contribution >= 4 is 11.8 Å². The summed E-state index contributed by atoms with van der Waals surface area (Å²) < 4.78 is 1.79. The van der Waals surface area contributed by atoms with Crippen LogP contribution in [0.5, 0.6) is 0 Å². The molecule has 1 heterocycles. The minimum atomic E-state index is -0.0291. The van der Waals surface area contributed by atoms with Crippen LogP contribution in [-0.2, 0) is 17.8 Å². The number of aromatic nitrogens is 2. The first-order valence-electron chi connectivity index (χ1n) is 9.65. The predicted octanol–water partition coefficient (Wildman–Crippen LogP) is 3.17. The zero-order chi connectivity index (χ0) is 20.8. The van der Waals surface area contributed by atoms with Crippen LogP contribution in [0.2, 0.25) is 0 Å².